The van der Waals surface area contributed by atoms with Crippen molar-refractivity contribution in [1.82, 2.24) is 0 Å². The maximum atomic E-state index is 2.82. The Hall–Kier alpha value is -1.82. The number of allylic oxidation sites excluding steroid dienone is 16. The zero-order valence-electron chi connectivity index (χ0n) is 32.6. The molecule has 2 fully saturated rings. The number of fused-ring (bicyclic) bond motifs is 8. The largest absolute Gasteiger partial charge is 0.147 e. The van der Waals surface area contributed by atoms with Crippen LogP contribution in [0.3, 0.4) is 0 Å². The molecule has 1 aromatic carbocycles. The standard InChI is InChI=1S/C29H37.C10H15.C8H8.ClH.Zr/c1-21-14-13-15-22-20-27(6)25(4)18-10-9-16-23(25,2)24(3)17-11-12-19-26(24,5)29(27,8)28(21,22)7;1-8-5-6-9(7-8)10(2,3)4;1-2-8-6-4-3-5-7-8;;/h9-20,22H,1-8H3;7H,6H2,1-4H3;3-7H,1H3;1H;. The summed E-state index contributed by atoms with van der Waals surface area (Å²) in [7, 11) is 0. The zero-order chi connectivity index (χ0) is 34.9. The quantitative estimate of drug-likeness (QED) is 0.288. The molecule has 0 aliphatic heterocycles. The fourth-order valence-electron chi connectivity index (χ4n) is 13.2. The van der Waals surface area contributed by atoms with Crippen molar-refractivity contribution in [2.45, 2.75) is 100 Å². The summed E-state index contributed by atoms with van der Waals surface area (Å²) in [5.74, 6) is 0.461. The summed E-state index contributed by atoms with van der Waals surface area (Å²) in [5, 5.41) is 0. The minimum absolute atomic E-state index is 0. The molecule has 6 aliphatic carbocycles. The maximum absolute atomic E-state index is 2.82. The van der Waals surface area contributed by atoms with Gasteiger partial charge in [0.15, 0.2) is 0 Å². The van der Waals surface area contributed by atoms with Gasteiger partial charge in [-0.1, -0.05) is 0 Å². The summed E-state index contributed by atoms with van der Waals surface area (Å²) >= 11 is -2.78. The first-order valence-corrected chi connectivity index (χ1v) is 22.5. The van der Waals surface area contributed by atoms with Crippen LogP contribution < -0.4 is 0 Å². The molecule has 9 unspecified atom stereocenters. The predicted molar refractivity (Wildman–Crippen MR) is 212 cm³/mol. The van der Waals surface area contributed by atoms with Gasteiger partial charge in [-0.3, -0.25) is 0 Å². The second-order valence-corrected chi connectivity index (χ2v) is 25.6. The molecule has 0 nitrogen and oxygen atoms in total. The SMILES string of the molecule is CC1=CC=CC2[CH]([Zr]([C]3=C(C)C=C(C(C)(C)C)C3)=[C](C)c3ccccc3)C3(C)C4(C)C=CC=CC4(C)C4(C)C=CC=CC4(C)C3(C)C12C.Cl. The third-order valence-electron chi connectivity index (χ3n) is 16.9. The van der Waals surface area contributed by atoms with E-state index < -0.39 is 21.3 Å². The van der Waals surface area contributed by atoms with Crippen molar-refractivity contribution >= 4 is 15.6 Å². The molecule has 2 saturated carbocycles. The maximum Gasteiger partial charge on any atom is -0.147 e. The smallest absolute Gasteiger partial charge is 0.147 e. The van der Waals surface area contributed by atoms with E-state index in [0.29, 0.717) is 9.54 Å². The Labute approximate surface area is 313 Å². The van der Waals surface area contributed by atoms with E-state index in [4.69, 9.17) is 0 Å². The van der Waals surface area contributed by atoms with Gasteiger partial charge in [0, 0.05) is 0 Å². The number of hydrogen-bond donors (Lipinski definition) is 0. The van der Waals surface area contributed by atoms with Gasteiger partial charge in [-0.05, 0) is 0 Å². The molecule has 9 atom stereocenters. The van der Waals surface area contributed by atoms with Gasteiger partial charge in [0.25, 0.3) is 0 Å². The Balaban J connectivity index is 0.00000417. The van der Waals surface area contributed by atoms with Crippen LogP contribution in [-0.4, -0.2) is 3.21 Å². The Morgan fingerprint density at radius 1 is 0.735 bits per heavy atom. The summed E-state index contributed by atoms with van der Waals surface area (Å²) < 4.78 is 4.14. The monoisotopic (exact) mass is 750 g/mol. The summed E-state index contributed by atoms with van der Waals surface area (Å²) in [6.07, 6.45) is 31.6. The summed E-state index contributed by atoms with van der Waals surface area (Å²) in [6, 6.07) is 11.6. The number of benzene rings is 1. The predicted octanol–water partition coefficient (Wildman–Crippen LogP) is 13.2. The van der Waals surface area contributed by atoms with E-state index >= 15 is 0 Å². The van der Waals surface area contributed by atoms with Gasteiger partial charge >= 0.3 is 303 Å². The molecule has 2 heteroatoms. The average Bonchev–Trinajstić information content (AvgIpc) is 3.51. The second kappa shape index (κ2) is 11.3. The van der Waals surface area contributed by atoms with Gasteiger partial charge in [-0.15, -0.1) is 12.4 Å². The molecule has 49 heavy (non-hydrogen) atoms. The second-order valence-electron chi connectivity index (χ2n) is 18.7. The van der Waals surface area contributed by atoms with E-state index in [1.807, 2.05) is 3.28 Å². The Morgan fingerprint density at radius 3 is 1.82 bits per heavy atom. The molecule has 0 saturated heterocycles. The molecule has 6 aliphatic rings. The van der Waals surface area contributed by atoms with E-state index in [1.54, 1.807) is 19.9 Å². The van der Waals surface area contributed by atoms with Gasteiger partial charge in [-0.25, -0.2) is 0 Å². The average molecular weight is 753 g/mol. The molecular formula is C47H61ClZr. The van der Waals surface area contributed by atoms with Crippen molar-refractivity contribution in [3.63, 3.8) is 0 Å². The van der Waals surface area contributed by atoms with E-state index in [1.165, 1.54) is 5.56 Å². The van der Waals surface area contributed by atoms with Crippen LogP contribution in [0.25, 0.3) is 0 Å². The number of rotatable bonds is 3. The van der Waals surface area contributed by atoms with Crippen molar-refractivity contribution in [2.24, 2.45) is 49.2 Å². The molecule has 0 spiro atoms. The summed E-state index contributed by atoms with van der Waals surface area (Å²) in [6.45, 7) is 33.7. The first-order valence-electron chi connectivity index (χ1n) is 18.6. The molecule has 0 heterocycles. The molecule has 1 aromatic rings. The molecule has 7 rings (SSSR count). The van der Waals surface area contributed by atoms with Crippen molar-refractivity contribution in [3.8, 4) is 0 Å². The number of hydrogen-bond acceptors (Lipinski definition) is 0. The van der Waals surface area contributed by atoms with Crippen molar-refractivity contribution in [3.05, 3.63) is 129 Å². The van der Waals surface area contributed by atoms with E-state index in [2.05, 4.69) is 193 Å². The third kappa shape index (κ3) is 4.05. The van der Waals surface area contributed by atoms with Gasteiger partial charge in [0.2, 0.25) is 0 Å². The molecule has 0 radical (unpaired) electrons. The Morgan fingerprint density at radius 2 is 1.27 bits per heavy atom. The van der Waals surface area contributed by atoms with Gasteiger partial charge < -0.3 is 0 Å². The first-order chi connectivity index (χ1) is 22.3. The van der Waals surface area contributed by atoms with Crippen LogP contribution in [0.4, 0.5) is 0 Å². The molecule has 0 amide bonds. The van der Waals surface area contributed by atoms with Crippen molar-refractivity contribution in [2.75, 3.05) is 0 Å². The molecule has 260 valence electrons. The number of halogens is 1. The van der Waals surface area contributed by atoms with Crippen molar-refractivity contribution in [1.29, 1.82) is 0 Å². The topological polar surface area (TPSA) is 0 Å². The first kappa shape index (κ1) is 37.0. The fraction of sp³-hybridized carbons (Fsp3) is 0.511. The van der Waals surface area contributed by atoms with E-state index in [9.17, 15) is 0 Å². The van der Waals surface area contributed by atoms with E-state index in [-0.39, 0.29) is 55.7 Å². The van der Waals surface area contributed by atoms with Crippen molar-refractivity contribution < 1.29 is 21.3 Å². The van der Waals surface area contributed by atoms with Crippen LogP contribution in [0.15, 0.2) is 123 Å². The van der Waals surface area contributed by atoms with Crippen LogP contribution in [0, 0.1) is 49.2 Å². The molecule has 0 aromatic heterocycles. The summed E-state index contributed by atoms with van der Waals surface area (Å²) in [5.41, 5.74) is 6.02. The molecular weight excluding hydrogens is 691 g/mol. The third-order valence-corrected chi connectivity index (χ3v) is 26.5. The molecule has 0 N–H and O–H groups in total. The normalized spacial score (nSPS) is 43.6. The van der Waals surface area contributed by atoms with Gasteiger partial charge in [-0.2, -0.15) is 0 Å². The molecule has 0 bridgehead atoms. The fourth-order valence-corrected chi connectivity index (χ4v) is 24.6. The van der Waals surface area contributed by atoms with E-state index in [0.717, 1.165) is 6.42 Å². The Bertz CT molecular complexity index is 1870. The minimum Gasteiger partial charge on any atom is -0.147 e. The van der Waals surface area contributed by atoms with Crippen LogP contribution in [0.1, 0.15) is 102 Å². The Kier molecular flexibility index (Phi) is 8.55. The van der Waals surface area contributed by atoms with Crippen LogP contribution in [-0.2, 0) is 21.3 Å². The summed E-state index contributed by atoms with van der Waals surface area (Å²) in [4.78, 5) is 0. The zero-order valence-corrected chi connectivity index (χ0v) is 35.9. The van der Waals surface area contributed by atoms with Gasteiger partial charge in [0.05, 0.1) is 0 Å². The minimum atomic E-state index is -2.78. The van der Waals surface area contributed by atoms with Crippen LogP contribution in [0.2, 0.25) is 3.63 Å². The van der Waals surface area contributed by atoms with Crippen LogP contribution in [0.5, 0.6) is 0 Å². The van der Waals surface area contributed by atoms with Crippen LogP contribution >= 0.6 is 12.4 Å². The van der Waals surface area contributed by atoms with Gasteiger partial charge in [0.1, 0.15) is 0 Å².